The van der Waals surface area contributed by atoms with Gasteiger partial charge in [-0.05, 0) is 57.2 Å². The number of fused-ring (bicyclic) bond motifs is 1. The van der Waals surface area contributed by atoms with Gasteiger partial charge in [0.05, 0.1) is 17.8 Å². The maximum atomic E-state index is 13.2. The average molecular weight is 367 g/mol. The second-order valence-electron chi connectivity index (χ2n) is 8.65. The van der Waals surface area contributed by atoms with Gasteiger partial charge in [-0.3, -0.25) is 4.79 Å². The molecule has 2 aromatic rings. The van der Waals surface area contributed by atoms with Gasteiger partial charge in [0, 0.05) is 36.7 Å². The lowest BCUT2D eigenvalue weighted by atomic mass is 9.86. The van der Waals surface area contributed by atoms with Crippen LogP contribution in [0.1, 0.15) is 42.5 Å². The Morgan fingerprint density at radius 3 is 2.93 bits per heavy atom. The molecule has 3 aliphatic heterocycles. The molecule has 3 saturated heterocycles. The number of hydrogen-bond acceptors (Lipinski definition) is 3. The first-order chi connectivity index (χ1) is 13.2. The Morgan fingerprint density at radius 2 is 2.04 bits per heavy atom. The molecular weight excluding hydrogens is 338 g/mol. The molecule has 3 aliphatic rings. The van der Waals surface area contributed by atoms with Gasteiger partial charge in [0.1, 0.15) is 0 Å². The summed E-state index contributed by atoms with van der Waals surface area (Å²) >= 11 is 0. The largest absolute Gasteiger partial charge is 0.373 e. The van der Waals surface area contributed by atoms with Crippen LogP contribution in [0.4, 0.5) is 0 Å². The molecule has 0 saturated carbocycles. The highest BCUT2D eigenvalue weighted by atomic mass is 16.5. The van der Waals surface area contributed by atoms with Crippen LogP contribution in [-0.2, 0) is 4.74 Å². The third kappa shape index (κ3) is 3.27. The summed E-state index contributed by atoms with van der Waals surface area (Å²) in [6, 6.07) is 8.04. The standard InChI is InChI=1S/C22H29N3O2/c26-21(19-13-23-20-7-2-1-6-18(19)20)25-11-5-8-22(16-25)12-17(15-27-22)14-24-9-3-4-10-24/h1-2,6-7,13,17,23H,3-5,8-12,14-16H2/t17-,22-/m0/s1. The van der Waals surface area contributed by atoms with E-state index in [-0.39, 0.29) is 11.5 Å². The van der Waals surface area contributed by atoms with Gasteiger partial charge in [0.25, 0.3) is 5.91 Å². The van der Waals surface area contributed by atoms with E-state index in [9.17, 15) is 4.79 Å². The highest BCUT2D eigenvalue weighted by Crippen LogP contribution is 2.38. The van der Waals surface area contributed by atoms with Gasteiger partial charge >= 0.3 is 0 Å². The van der Waals surface area contributed by atoms with Gasteiger partial charge in [-0.1, -0.05) is 18.2 Å². The van der Waals surface area contributed by atoms with Crippen molar-refractivity contribution in [3.63, 3.8) is 0 Å². The van der Waals surface area contributed by atoms with Gasteiger partial charge in [-0.2, -0.15) is 0 Å². The van der Waals surface area contributed by atoms with Crippen molar-refractivity contribution in [1.82, 2.24) is 14.8 Å². The highest BCUT2D eigenvalue weighted by molar-refractivity contribution is 6.06. The van der Waals surface area contributed by atoms with E-state index in [2.05, 4.69) is 9.88 Å². The molecule has 0 aliphatic carbocycles. The number of piperidine rings is 1. The van der Waals surface area contributed by atoms with E-state index in [1.54, 1.807) is 0 Å². The maximum absolute atomic E-state index is 13.2. The van der Waals surface area contributed by atoms with Crippen LogP contribution in [0, 0.1) is 5.92 Å². The molecule has 2 atom stereocenters. The van der Waals surface area contributed by atoms with Crippen LogP contribution in [0.5, 0.6) is 0 Å². The van der Waals surface area contributed by atoms with Gasteiger partial charge in [-0.15, -0.1) is 0 Å². The van der Waals surface area contributed by atoms with Crippen molar-refractivity contribution in [3.8, 4) is 0 Å². The molecule has 144 valence electrons. The summed E-state index contributed by atoms with van der Waals surface area (Å²) in [7, 11) is 0. The Kier molecular flexibility index (Phi) is 4.44. The average Bonchev–Trinajstić information content (AvgIpc) is 3.42. The number of para-hydroxylation sites is 1. The summed E-state index contributed by atoms with van der Waals surface area (Å²) in [5.41, 5.74) is 1.69. The zero-order valence-corrected chi connectivity index (χ0v) is 16.0. The summed E-state index contributed by atoms with van der Waals surface area (Å²) in [4.78, 5) is 21.1. The van der Waals surface area contributed by atoms with Crippen molar-refractivity contribution in [2.75, 3.05) is 39.3 Å². The number of amides is 1. The lowest BCUT2D eigenvalue weighted by Crippen LogP contribution is -2.50. The van der Waals surface area contributed by atoms with Crippen LogP contribution in [0.2, 0.25) is 0 Å². The van der Waals surface area contributed by atoms with E-state index in [0.717, 1.165) is 62.0 Å². The summed E-state index contributed by atoms with van der Waals surface area (Å²) in [6.45, 7) is 6.08. The van der Waals surface area contributed by atoms with Gasteiger partial charge in [0.2, 0.25) is 0 Å². The molecule has 5 nitrogen and oxygen atoms in total. The topological polar surface area (TPSA) is 48.6 Å². The first-order valence-electron chi connectivity index (χ1n) is 10.4. The summed E-state index contributed by atoms with van der Waals surface area (Å²) < 4.78 is 6.36. The molecule has 27 heavy (non-hydrogen) atoms. The van der Waals surface area contributed by atoms with Crippen LogP contribution in [0.25, 0.3) is 10.9 Å². The lowest BCUT2D eigenvalue weighted by Gasteiger charge is -2.40. The van der Waals surface area contributed by atoms with Crippen LogP contribution in [0.15, 0.2) is 30.5 Å². The number of nitrogens with one attached hydrogen (secondary N) is 1. The van der Waals surface area contributed by atoms with E-state index < -0.39 is 0 Å². The number of carbonyl (C=O) groups is 1. The number of likely N-dealkylation sites (tertiary alicyclic amines) is 2. The molecule has 1 aromatic heterocycles. The molecule has 3 fully saturated rings. The molecule has 4 heterocycles. The monoisotopic (exact) mass is 367 g/mol. The van der Waals surface area contributed by atoms with E-state index in [4.69, 9.17) is 4.74 Å². The highest BCUT2D eigenvalue weighted by Gasteiger charge is 2.45. The molecule has 5 rings (SSSR count). The minimum absolute atomic E-state index is 0.121. The van der Waals surface area contributed by atoms with Crippen molar-refractivity contribution in [2.45, 2.75) is 37.7 Å². The fourth-order valence-electron chi connectivity index (χ4n) is 5.36. The zero-order chi connectivity index (χ0) is 18.3. The van der Waals surface area contributed by atoms with Crippen molar-refractivity contribution < 1.29 is 9.53 Å². The Hall–Kier alpha value is -1.85. The Balaban J connectivity index is 1.28. The zero-order valence-electron chi connectivity index (χ0n) is 16.0. The van der Waals surface area contributed by atoms with Crippen molar-refractivity contribution >= 4 is 16.8 Å². The Labute approximate surface area is 160 Å². The maximum Gasteiger partial charge on any atom is 0.256 e. The second kappa shape index (κ2) is 6.95. The van der Waals surface area contributed by atoms with Crippen molar-refractivity contribution in [1.29, 1.82) is 0 Å². The number of aromatic nitrogens is 1. The molecule has 5 heteroatoms. The van der Waals surface area contributed by atoms with Crippen LogP contribution >= 0.6 is 0 Å². The smallest absolute Gasteiger partial charge is 0.256 e. The molecule has 0 radical (unpaired) electrons. The van der Waals surface area contributed by atoms with Gasteiger partial charge in [-0.25, -0.2) is 0 Å². The van der Waals surface area contributed by atoms with Gasteiger partial charge < -0.3 is 19.5 Å². The normalized spacial score (nSPS) is 29.2. The van der Waals surface area contributed by atoms with Crippen LogP contribution in [0.3, 0.4) is 0 Å². The lowest BCUT2D eigenvalue weighted by molar-refractivity contribution is -0.0450. The summed E-state index contributed by atoms with van der Waals surface area (Å²) in [5.74, 6) is 0.754. The number of carbonyl (C=O) groups excluding carboxylic acids is 1. The molecule has 0 bridgehead atoms. The van der Waals surface area contributed by atoms with Crippen LogP contribution < -0.4 is 0 Å². The van der Waals surface area contributed by atoms with Gasteiger partial charge in [0.15, 0.2) is 0 Å². The Bertz CT molecular complexity index is 826. The fraction of sp³-hybridized carbons (Fsp3) is 0.591. The third-order valence-corrected chi connectivity index (χ3v) is 6.65. The van der Waals surface area contributed by atoms with E-state index in [0.29, 0.717) is 5.92 Å². The first kappa shape index (κ1) is 17.3. The molecule has 1 N–H and O–H groups in total. The predicted molar refractivity (Wildman–Crippen MR) is 106 cm³/mol. The third-order valence-electron chi connectivity index (χ3n) is 6.65. The first-order valence-corrected chi connectivity index (χ1v) is 10.4. The number of benzene rings is 1. The number of H-pyrrole nitrogens is 1. The van der Waals surface area contributed by atoms with Crippen LogP contribution in [-0.4, -0.2) is 65.6 Å². The fourth-order valence-corrected chi connectivity index (χ4v) is 5.36. The summed E-state index contributed by atoms with van der Waals surface area (Å²) in [5, 5.41) is 1.02. The minimum atomic E-state index is -0.121. The van der Waals surface area contributed by atoms with E-state index >= 15 is 0 Å². The predicted octanol–water partition coefficient (Wildman–Crippen LogP) is 3.28. The number of aromatic amines is 1. The molecule has 1 amide bonds. The number of hydrogen-bond donors (Lipinski definition) is 1. The molecule has 1 aromatic carbocycles. The molecule has 1 spiro atoms. The number of rotatable bonds is 3. The quantitative estimate of drug-likeness (QED) is 0.906. The van der Waals surface area contributed by atoms with E-state index in [1.807, 2.05) is 35.4 Å². The Morgan fingerprint density at radius 1 is 1.19 bits per heavy atom. The van der Waals surface area contributed by atoms with E-state index in [1.165, 1.54) is 25.9 Å². The molecule has 0 unspecified atom stereocenters. The summed E-state index contributed by atoms with van der Waals surface area (Å²) in [6.07, 6.45) is 7.75. The van der Waals surface area contributed by atoms with Crippen molar-refractivity contribution in [2.24, 2.45) is 5.92 Å². The second-order valence-corrected chi connectivity index (χ2v) is 8.65. The molecular formula is C22H29N3O2. The number of ether oxygens (including phenoxy) is 1. The SMILES string of the molecule is O=C(c1c[nH]c2ccccc12)N1CCC[C@]2(C[C@@H](CN3CCCC3)CO2)C1. The van der Waals surface area contributed by atoms with Crippen molar-refractivity contribution in [3.05, 3.63) is 36.0 Å². The minimum Gasteiger partial charge on any atom is -0.373 e. The number of nitrogens with zero attached hydrogens (tertiary/aromatic N) is 2.